The van der Waals surface area contributed by atoms with Gasteiger partial charge >= 0.3 is 0 Å². The van der Waals surface area contributed by atoms with Crippen molar-refractivity contribution in [3.8, 4) is 0 Å². The van der Waals surface area contributed by atoms with E-state index < -0.39 is 5.60 Å². The zero-order valence-corrected chi connectivity index (χ0v) is 9.82. The van der Waals surface area contributed by atoms with Crippen LogP contribution in [0.5, 0.6) is 0 Å². The van der Waals surface area contributed by atoms with Crippen molar-refractivity contribution in [2.24, 2.45) is 0 Å². The van der Waals surface area contributed by atoms with Crippen LogP contribution in [0.1, 0.15) is 37.7 Å². The van der Waals surface area contributed by atoms with E-state index in [1.807, 2.05) is 30.3 Å². The number of ketones is 1. The fourth-order valence-electron chi connectivity index (χ4n) is 2.76. The molecule has 1 aliphatic heterocycles. The van der Waals surface area contributed by atoms with Gasteiger partial charge in [0.2, 0.25) is 5.78 Å². The third-order valence-corrected chi connectivity index (χ3v) is 3.74. The molecule has 1 aromatic rings. The molecule has 1 aromatic carbocycles. The van der Waals surface area contributed by atoms with Gasteiger partial charge in [-0.2, -0.15) is 0 Å². The zero-order chi connectivity index (χ0) is 11.7. The molecule has 0 aromatic heterocycles. The topological polar surface area (TPSA) is 26.3 Å². The Balaban J connectivity index is 1.87. The second-order valence-corrected chi connectivity index (χ2v) is 4.90. The van der Waals surface area contributed by atoms with Gasteiger partial charge in [0.05, 0.1) is 0 Å². The first-order valence-electron chi connectivity index (χ1n) is 6.31. The van der Waals surface area contributed by atoms with Crippen LogP contribution in [0.2, 0.25) is 0 Å². The SMILES string of the molecule is O=C1C=C(c2ccccc2)OC12CCCCC2. The maximum absolute atomic E-state index is 12.1. The minimum Gasteiger partial charge on any atom is -0.478 e. The van der Waals surface area contributed by atoms with Crippen LogP contribution in [-0.2, 0) is 9.53 Å². The molecular formula is C15H16O2. The van der Waals surface area contributed by atoms with Crippen LogP contribution >= 0.6 is 0 Å². The summed E-state index contributed by atoms with van der Waals surface area (Å²) in [5.41, 5.74) is 0.479. The van der Waals surface area contributed by atoms with E-state index in [-0.39, 0.29) is 5.78 Å². The molecule has 0 saturated heterocycles. The van der Waals surface area contributed by atoms with Gasteiger partial charge < -0.3 is 4.74 Å². The fraction of sp³-hybridized carbons (Fsp3) is 0.400. The average Bonchev–Trinajstić information content (AvgIpc) is 2.69. The monoisotopic (exact) mass is 228 g/mol. The zero-order valence-electron chi connectivity index (χ0n) is 9.82. The number of carbonyl (C=O) groups excluding carboxylic acids is 1. The van der Waals surface area contributed by atoms with Gasteiger partial charge in [0.15, 0.2) is 5.60 Å². The summed E-state index contributed by atoms with van der Waals surface area (Å²) >= 11 is 0. The van der Waals surface area contributed by atoms with Crippen LogP contribution < -0.4 is 0 Å². The third kappa shape index (κ3) is 1.78. The van der Waals surface area contributed by atoms with Crippen molar-refractivity contribution in [2.75, 3.05) is 0 Å². The van der Waals surface area contributed by atoms with Crippen LogP contribution in [0.3, 0.4) is 0 Å². The fourth-order valence-corrected chi connectivity index (χ4v) is 2.76. The number of hydrogen-bond donors (Lipinski definition) is 0. The van der Waals surface area contributed by atoms with Crippen LogP contribution in [-0.4, -0.2) is 11.4 Å². The van der Waals surface area contributed by atoms with Gasteiger partial charge in [0.25, 0.3) is 0 Å². The Kier molecular flexibility index (Phi) is 2.50. The highest BCUT2D eigenvalue weighted by Gasteiger charge is 2.45. The Morgan fingerprint density at radius 2 is 1.71 bits per heavy atom. The Morgan fingerprint density at radius 1 is 1.00 bits per heavy atom. The van der Waals surface area contributed by atoms with Crippen molar-refractivity contribution >= 4 is 11.5 Å². The molecule has 3 rings (SSSR count). The predicted molar refractivity (Wildman–Crippen MR) is 66.3 cm³/mol. The van der Waals surface area contributed by atoms with E-state index in [1.165, 1.54) is 6.42 Å². The molecule has 1 fully saturated rings. The second kappa shape index (κ2) is 4.02. The van der Waals surface area contributed by atoms with E-state index in [1.54, 1.807) is 6.08 Å². The highest BCUT2D eigenvalue weighted by atomic mass is 16.5. The lowest BCUT2D eigenvalue weighted by Crippen LogP contribution is -2.38. The molecule has 17 heavy (non-hydrogen) atoms. The third-order valence-electron chi connectivity index (χ3n) is 3.74. The molecule has 0 amide bonds. The van der Waals surface area contributed by atoms with Gasteiger partial charge in [-0.3, -0.25) is 4.79 Å². The van der Waals surface area contributed by atoms with E-state index in [4.69, 9.17) is 4.74 Å². The first-order valence-corrected chi connectivity index (χ1v) is 6.31. The van der Waals surface area contributed by atoms with Gasteiger partial charge in [0, 0.05) is 11.6 Å². The molecule has 1 spiro atoms. The highest BCUT2D eigenvalue weighted by molar-refractivity contribution is 6.05. The highest BCUT2D eigenvalue weighted by Crippen LogP contribution is 2.41. The minimum atomic E-state index is -0.524. The van der Waals surface area contributed by atoms with Gasteiger partial charge in [-0.05, 0) is 25.7 Å². The van der Waals surface area contributed by atoms with Crippen molar-refractivity contribution < 1.29 is 9.53 Å². The largest absolute Gasteiger partial charge is 0.478 e. The van der Waals surface area contributed by atoms with Crippen LogP contribution in [0.15, 0.2) is 36.4 Å². The normalized spacial score (nSPS) is 22.4. The number of ether oxygens (including phenoxy) is 1. The Hall–Kier alpha value is -1.57. The summed E-state index contributed by atoms with van der Waals surface area (Å²) < 4.78 is 6.00. The van der Waals surface area contributed by atoms with E-state index in [2.05, 4.69) is 0 Å². The van der Waals surface area contributed by atoms with Gasteiger partial charge in [-0.1, -0.05) is 36.8 Å². The van der Waals surface area contributed by atoms with Gasteiger partial charge in [-0.15, -0.1) is 0 Å². The summed E-state index contributed by atoms with van der Waals surface area (Å²) in [7, 11) is 0. The van der Waals surface area contributed by atoms with Crippen LogP contribution in [0, 0.1) is 0 Å². The molecule has 0 N–H and O–H groups in total. The van der Waals surface area contributed by atoms with Crippen molar-refractivity contribution in [1.29, 1.82) is 0 Å². The Bertz CT molecular complexity index is 453. The molecule has 0 radical (unpaired) electrons. The summed E-state index contributed by atoms with van der Waals surface area (Å²) in [4.78, 5) is 12.1. The summed E-state index contributed by atoms with van der Waals surface area (Å²) in [6, 6.07) is 9.88. The molecule has 1 saturated carbocycles. The number of carbonyl (C=O) groups is 1. The van der Waals surface area contributed by atoms with Crippen molar-refractivity contribution in [2.45, 2.75) is 37.7 Å². The van der Waals surface area contributed by atoms with Gasteiger partial charge in [0.1, 0.15) is 5.76 Å². The van der Waals surface area contributed by atoms with E-state index in [0.29, 0.717) is 0 Å². The van der Waals surface area contributed by atoms with Crippen LogP contribution in [0.4, 0.5) is 0 Å². The van der Waals surface area contributed by atoms with E-state index >= 15 is 0 Å². The number of rotatable bonds is 1. The lowest BCUT2D eigenvalue weighted by molar-refractivity contribution is -0.131. The van der Waals surface area contributed by atoms with Gasteiger partial charge in [-0.25, -0.2) is 0 Å². The smallest absolute Gasteiger partial charge is 0.202 e. The first kappa shape index (κ1) is 10.6. The van der Waals surface area contributed by atoms with E-state index in [0.717, 1.165) is 37.0 Å². The molecule has 2 heteroatoms. The molecule has 1 heterocycles. The van der Waals surface area contributed by atoms with Crippen molar-refractivity contribution in [3.05, 3.63) is 42.0 Å². The molecule has 0 unspecified atom stereocenters. The molecule has 2 nitrogen and oxygen atoms in total. The average molecular weight is 228 g/mol. The Morgan fingerprint density at radius 3 is 2.41 bits per heavy atom. The standard InChI is InChI=1S/C15H16O2/c16-14-11-13(12-7-3-1-4-8-12)17-15(14)9-5-2-6-10-15/h1,3-4,7-8,11H,2,5-6,9-10H2. The quantitative estimate of drug-likeness (QED) is 0.737. The summed E-state index contributed by atoms with van der Waals surface area (Å²) in [5, 5.41) is 0. The lowest BCUT2D eigenvalue weighted by Gasteiger charge is -2.31. The van der Waals surface area contributed by atoms with Crippen molar-refractivity contribution in [3.63, 3.8) is 0 Å². The number of hydrogen-bond acceptors (Lipinski definition) is 2. The van der Waals surface area contributed by atoms with Crippen LogP contribution in [0.25, 0.3) is 5.76 Å². The molecule has 0 atom stereocenters. The molecular weight excluding hydrogens is 212 g/mol. The maximum Gasteiger partial charge on any atom is 0.202 e. The minimum absolute atomic E-state index is 0.163. The molecule has 88 valence electrons. The predicted octanol–water partition coefficient (Wildman–Crippen LogP) is 3.33. The first-order chi connectivity index (χ1) is 8.30. The van der Waals surface area contributed by atoms with E-state index in [9.17, 15) is 4.79 Å². The summed E-state index contributed by atoms with van der Waals surface area (Å²) in [6.45, 7) is 0. The molecule has 0 bridgehead atoms. The lowest BCUT2D eigenvalue weighted by atomic mass is 9.82. The number of benzene rings is 1. The Labute approximate surface area is 101 Å². The van der Waals surface area contributed by atoms with Crippen molar-refractivity contribution in [1.82, 2.24) is 0 Å². The molecule has 1 aliphatic carbocycles. The molecule has 2 aliphatic rings. The maximum atomic E-state index is 12.1. The summed E-state index contributed by atoms with van der Waals surface area (Å²) in [5.74, 6) is 0.911. The summed E-state index contributed by atoms with van der Waals surface area (Å²) in [6.07, 6.45) is 6.85. The second-order valence-electron chi connectivity index (χ2n) is 4.90.